The largest absolute Gasteiger partial charge is 0.393 e. The number of rotatable bonds is 11. The normalized spacial score (nSPS) is 25.1. The van der Waals surface area contributed by atoms with E-state index in [0.29, 0.717) is 0 Å². The summed E-state index contributed by atoms with van der Waals surface area (Å²) in [7, 11) is -2.27. The highest BCUT2D eigenvalue weighted by atomic mass is 28.4. The molecule has 0 amide bonds. The van der Waals surface area contributed by atoms with Gasteiger partial charge in [-0.1, -0.05) is 45.4 Å². The van der Waals surface area contributed by atoms with Crippen molar-refractivity contribution in [3.8, 4) is 0 Å². The molecule has 0 radical (unpaired) electrons. The Hall–Kier alpha value is 0.0969. The van der Waals surface area contributed by atoms with Gasteiger partial charge in [-0.05, 0) is 39.7 Å². The van der Waals surface area contributed by atoms with E-state index in [1.54, 1.807) is 0 Å². The van der Waals surface area contributed by atoms with Crippen molar-refractivity contribution in [1.29, 1.82) is 0 Å². The molecule has 0 aromatic heterocycles. The van der Waals surface area contributed by atoms with Gasteiger partial charge in [-0.25, -0.2) is 0 Å². The molecule has 1 aliphatic rings. The zero-order valence-corrected chi connectivity index (χ0v) is 15.7. The highest BCUT2D eigenvalue weighted by Gasteiger charge is 2.59. The van der Waals surface area contributed by atoms with Crippen LogP contribution in [0.25, 0.3) is 0 Å². The second-order valence-electron chi connectivity index (χ2n) is 6.06. The second-order valence-corrected chi connectivity index (χ2v) is 9.56. The molecule has 3 nitrogen and oxygen atoms in total. The summed E-state index contributed by atoms with van der Waals surface area (Å²) >= 11 is 0. The zero-order chi connectivity index (χ0) is 15.6. The van der Waals surface area contributed by atoms with Crippen molar-refractivity contribution in [1.82, 2.24) is 0 Å². The Morgan fingerprint density at radius 3 is 2.14 bits per heavy atom. The summed E-state index contributed by atoms with van der Waals surface area (Å²) in [4.78, 5) is 0. The molecular weight excluding hydrogens is 280 g/mol. The van der Waals surface area contributed by atoms with E-state index < -0.39 is 8.56 Å². The monoisotopic (exact) mass is 316 g/mol. The molecular formula is C17H36O3Si. The van der Waals surface area contributed by atoms with Gasteiger partial charge in [-0.3, -0.25) is 0 Å². The Kier molecular flexibility index (Phi) is 9.10. The van der Waals surface area contributed by atoms with E-state index in [4.69, 9.17) is 13.6 Å². The molecule has 0 aromatic carbocycles. The number of hydrogen-bond donors (Lipinski definition) is 0. The van der Waals surface area contributed by atoms with E-state index in [2.05, 4.69) is 27.7 Å². The maximum Gasteiger partial charge on any atom is 0.371 e. The zero-order valence-electron chi connectivity index (χ0n) is 14.7. The predicted molar refractivity (Wildman–Crippen MR) is 90.8 cm³/mol. The lowest BCUT2D eigenvalue weighted by Gasteiger charge is -2.49. The van der Waals surface area contributed by atoms with E-state index >= 15 is 0 Å². The van der Waals surface area contributed by atoms with Crippen LogP contribution in [0, 0.1) is 0 Å². The van der Waals surface area contributed by atoms with Crippen molar-refractivity contribution >= 4 is 8.56 Å². The van der Waals surface area contributed by atoms with Gasteiger partial charge in [-0.2, -0.15) is 0 Å². The summed E-state index contributed by atoms with van der Waals surface area (Å²) in [6.07, 6.45) is 9.86. The number of ether oxygens (including phenoxy) is 1. The van der Waals surface area contributed by atoms with Gasteiger partial charge < -0.3 is 13.6 Å². The third-order valence-corrected chi connectivity index (χ3v) is 9.19. The molecule has 1 atom stereocenters. The molecule has 0 spiro atoms. The van der Waals surface area contributed by atoms with E-state index in [0.717, 1.165) is 38.7 Å². The molecule has 21 heavy (non-hydrogen) atoms. The first kappa shape index (κ1) is 19.1. The van der Waals surface area contributed by atoms with Crippen LogP contribution in [0.2, 0.25) is 6.04 Å². The van der Waals surface area contributed by atoms with E-state index in [1.807, 2.05) is 0 Å². The smallest absolute Gasteiger partial charge is 0.371 e. The van der Waals surface area contributed by atoms with Crippen molar-refractivity contribution in [3.05, 3.63) is 0 Å². The van der Waals surface area contributed by atoms with Crippen LogP contribution in [0.3, 0.4) is 0 Å². The van der Waals surface area contributed by atoms with Crippen LogP contribution in [0.5, 0.6) is 0 Å². The molecule has 4 heteroatoms. The quantitative estimate of drug-likeness (QED) is 0.398. The fraction of sp³-hybridized carbons (Fsp3) is 1.00. The second kappa shape index (κ2) is 9.98. The molecule has 1 unspecified atom stereocenters. The SMILES string of the molecule is CCCCCCC1(OCC)CCCC[Si]1(OCC)OCC. The first-order valence-corrected chi connectivity index (χ1v) is 11.1. The maximum absolute atomic E-state index is 6.38. The summed E-state index contributed by atoms with van der Waals surface area (Å²) in [5.41, 5.74) is 0. The van der Waals surface area contributed by atoms with Crippen LogP contribution in [0.4, 0.5) is 0 Å². The fourth-order valence-electron chi connectivity index (χ4n) is 3.79. The maximum atomic E-state index is 6.38. The van der Waals surface area contributed by atoms with Crippen LogP contribution in [0.15, 0.2) is 0 Å². The van der Waals surface area contributed by atoms with Crippen LogP contribution >= 0.6 is 0 Å². The van der Waals surface area contributed by atoms with Crippen molar-refractivity contribution < 1.29 is 13.6 Å². The minimum absolute atomic E-state index is 0.111. The number of hydrogen-bond acceptors (Lipinski definition) is 3. The van der Waals surface area contributed by atoms with Crippen molar-refractivity contribution in [2.24, 2.45) is 0 Å². The first-order valence-electron chi connectivity index (χ1n) is 9.12. The Morgan fingerprint density at radius 2 is 1.57 bits per heavy atom. The summed E-state index contributed by atoms with van der Waals surface area (Å²) in [5, 5.41) is -0.111. The molecule has 126 valence electrons. The highest BCUT2D eigenvalue weighted by Crippen LogP contribution is 2.44. The third kappa shape index (κ3) is 4.78. The van der Waals surface area contributed by atoms with Crippen LogP contribution in [-0.4, -0.2) is 33.6 Å². The molecule has 0 bridgehead atoms. The van der Waals surface area contributed by atoms with Gasteiger partial charge in [0.1, 0.15) is 5.22 Å². The lowest BCUT2D eigenvalue weighted by molar-refractivity contribution is -0.0468. The van der Waals surface area contributed by atoms with Gasteiger partial charge in [0.15, 0.2) is 0 Å². The molecule has 1 saturated heterocycles. The Bertz CT molecular complexity index is 257. The lowest BCUT2D eigenvalue weighted by Crippen LogP contribution is -2.66. The predicted octanol–water partition coefficient (Wildman–Crippen LogP) is 4.97. The van der Waals surface area contributed by atoms with Gasteiger partial charge in [0.05, 0.1) is 0 Å². The molecule has 0 aromatic rings. The topological polar surface area (TPSA) is 27.7 Å². The fourth-order valence-corrected chi connectivity index (χ4v) is 8.27. The summed E-state index contributed by atoms with van der Waals surface area (Å²) < 4.78 is 19.0. The number of unbranched alkanes of at least 4 members (excludes halogenated alkanes) is 3. The van der Waals surface area contributed by atoms with Crippen molar-refractivity contribution in [2.75, 3.05) is 19.8 Å². The average molecular weight is 317 g/mol. The van der Waals surface area contributed by atoms with Gasteiger partial charge in [-0.15, -0.1) is 0 Å². The summed E-state index contributed by atoms with van der Waals surface area (Å²) in [6.45, 7) is 10.8. The van der Waals surface area contributed by atoms with Crippen LogP contribution in [-0.2, 0) is 13.6 Å². The first-order chi connectivity index (χ1) is 10.2. The standard InChI is InChI=1S/C17H36O3Si/c1-5-9-10-11-14-17(18-6-2)15-12-13-16-21(17,19-7-3)20-8-4/h5-16H2,1-4H3. The van der Waals surface area contributed by atoms with Crippen LogP contribution in [0.1, 0.15) is 79.1 Å². The third-order valence-electron chi connectivity index (χ3n) is 4.64. The summed E-state index contributed by atoms with van der Waals surface area (Å²) in [6, 6.07) is 1.10. The minimum Gasteiger partial charge on any atom is -0.393 e. The molecule has 1 aliphatic heterocycles. The van der Waals surface area contributed by atoms with Crippen molar-refractivity contribution in [3.63, 3.8) is 0 Å². The van der Waals surface area contributed by atoms with Gasteiger partial charge in [0, 0.05) is 19.8 Å². The van der Waals surface area contributed by atoms with Crippen molar-refractivity contribution in [2.45, 2.75) is 90.3 Å². The summed E-state index contributed by atoms with van der Waals surface area (Å²) in [5.74, 6) is 0. The van der Waals surface area contributed by atoms with E-state index in [1.165, 1.54) is 38.5 Å². The molecule has 1 fully saturated rings. The molecule has 0 aliphatic carbocycles. The Labute approximate surface area is 133 Å². The molecule has 1 heterocycles. The van der Waals surface area contributed by atoms with Gasteiger partial charge in [0.2, 0.25) is 0 Å². The van der Waals surface area contributed by atoms with E-state index in [9.17, 15) is 0 Å². The Balaban J connectivity index is 2.90. The van der Waals surface area contributed by atoms with E-state index in [-0.39, 0.29) is 5.22 Å². The minimum atomic E-state index is -2.27. The van der Waals surface area contributed by atoms with Crippen LogP contribution < -0.4 is 0 Å². The molecule has 0 saturated carbocycles. The molecule has 0 N–H and O–H groups in total. The lowest BCUT2D eigenvalue weighted by atomic mass is 10.0. The van der Waals surface area contributed by atoms with Gasteiger partial charge in [0.25, 0.3) is 0 Å². The Morgan fingerprint density at radius 1 is 0.857 bits per heavy atom. The average Bonchev–Trinajstić information content (AvgIpc) is 2.47. The highest BCUT2D eigenvalue weighted by molar-refractivity contribution is 6.70. The molecule has 1 rings (SSSR count). The van der Waals surface area contributed by atoms with Gasteiger partial charge >= 0.3 is 8.56 Å².